The number of nitrogens with one attached hydrogen (secondary N) is 1. The Kier molecular flexibility index (Phi) is 50.9. The van der Waals surface area contributed by atoms with Gasteiger partial charge in [-0.2, -0.15) is 0 Å². The average Bonchev–Trinajstić information content (AvgIpc) is 3.41. The van der Waals surface area contributed by atoms with E-state index in [0.29, 0.717) is 19.4 Å². The molecule has 7 atom stereocenters. The van der Waals surface area contributed by atoms with E-state index < -0.39 is 49.5 Å². The number of hydrogen-bond donors (Lipinski definition) is 6. The number of hydrogen-bond acceptors (Lipinski definition) is 10. The summed E-state index contributed by atoms with van der Waals surface area (Å²) in [6.45, 7) is 4.30. The standard InChI is InChI=1S/C64H119NO10/c1-3-5-7-9-11-13-31-36-40-44-48-52-60(69)73-53-49-45-41-37-33-30-28-26-24-22-20-18-16-15-17-19-21-23-25-27-29-32-35-39-43-47-51-59(68)65-56(55-74-64-63(72)62(71)61(70)58(54-66)75-64)57(67)50-46-42-38-34-14-12-10-8-6-4-2/h9,11,15,17,46,50,56-58,61-64,66-67,70-72H,3-8,10,12-14,16,18-45,47-49,51-55H2,1-2H3,(H,65,68)/b11-9-,17-15-,50-46+. The summed E-state index contributed by atoms with van der Waals surface area (Å²) < 4.78 is 16.7. The smallest absolute Gasteiger partial charge is 0.305 e. The van der Waals surface area contributed by atoms with Gasteiger partial charge in [0.1, 0.15) is 24.4 Å². The molecule has 0 radical (unpaired) electrons. The normalized spacial score (nSPS) is 18.9. The molecule has 0 spiro atoms. The average molecular weight is 1060 g/mol. The van der Waals surface area contributed by atoms with E-state index in [-0.39, 0.29) is 18.5 Å². The highest BCUT2D eigenvalue weighted by molar-refractivity contribution is 5.76. The zero-order valence-electron chi connectivity index (χ0n) is 48.5. The fourth-order valence-corrected chi connectivity index (χ4v) is 9.88. The molecule has 1 saturated heterocycles. The minimum absolute atomic E-state index is 0.00706. The van der Waals surface area contributed by atoms with Crippen molar-refractivity contribution >= 4 is 11.9 Å². The Labute approximate surface area is 460 Å². The number of amides is 1. The molecule has 1 amide bonds. The molecule has 0 aliphatic carbocycles. The molecule has 11 nitrogen and oxygen atoms in total. The summed E-state index contributed by atoms with van der Waals surface area (Å²) >= 11 is 0. The highest BCUT2D eigenvalue weighted by Crippen LogP contribution is 2.23. The van der Waals surface area contributed by atoms with Crippen LogP contribution in [0.4, 0.5) is 0 Å². The lowest BCUT2D eigenvalue weighted by Crippen LogP contribution is -2.60. The van der Waals surface area contributed by atoms with Gasteiger partial charge in [0.15, 0.2) is 6.29 Å². The molecule has 75 heavy (non-hydrogen) atoms. The van der Waals surface area contributed by atoms with Crippen molar-refractivity contribution in [3.63, 3.8) is 0 Å². The van der Waals surface area contributed by atoms with Gasteiger partial charge in [0.2, 0.25) is 5.91 Å². The second-order valence-electron chi connectivity index (χ2n) is 22.1. The summed E-state index contributed by atoms with van der Waals surface area (Å²) in [5, 5.41) is 54.3. The van der Waals surface area contributed by atoms with Crippen LogP contribution in [0.3, 0.4) is 0 Å². The summed E-state index contributed by atoms with van der Waals surface area (Å²) in [6, 6.07) is -0.810. The summed E-state index contributed by atoms with van der Waals surface area (Å²) in [5.74, 6) is -0.192. The first-order valence-electron chi connectivity index (χ1n) is 31.8. The van der Waals surface area contributed by atoms with Crippen LogP contribution in [0.5, 0.6) is 0 Å². The Hall–Kier alpha value is -2.12. The minimum atomic E-state index is -1.57. The van der Waals surface area contributed by atoms with Crippen molar-refractivity contribution in [1.82, 2.24) is 5.32 Å². The van der Waals surface area contributed by atoms with Crippen LogP contribution >= 0.6 is 0 Å². The zero-order chi connectivity index (χ0) is 54.5. The van der Waals surface area contributed by atoms with Crippen LogP contribution in [-0.4, -0.2) is 100 Å². The molecular weight excluding hydrogens is 943 g/mol. The maximum absolute atomic E-state index is 13.0. The number of ether oxygens (including phenoxy) is 3. The van der Waals surface area contributed by atoms with Crippen LogP contribution in [0, 0.1) is 0 Å². The van der Waals surface area contributed by atoms with Gasteiger partial charge in [-0.25, -0.2) is 0 Å². The Morgan fingerprint density at radius 1 is 0.480 bits per heavy atom. The summed E-state index contributed by atoms with van der Waals surface area (Å²) in [7, 11) is 0. The highest BCUT2D eigenvalue weighted by atomic mass is 16.7. The second-order valence-corrected chi connectivity index (χ2v) is 22.1. The van der Waals surface area contributed by atoms with Crippen LogP contribution < -0.4 is 5.32 Å². The van der Waals surface area contributed by atoms with E-state index in [1.54, 1.807) is 6.08 Å². The first-order chi connectivity index (χ1) is 36.7. The van der Waals surface area contributed by atoms with Crippen LogP contribution in [0.15, 0.2) is 36.5 Å². The van der Waals surface area contributed by atoms with E-state index in [1.807, 2.05) is 6.08 Å². The lowest BCUT2D eigenvalue weighted by atomic mass is 9.99. The van der Waals surface area contributed by atoms with E-state index >= 15 is 0 Å². The van der Waals surface area contributed by atoms with Crippen LogP contribution in [-0.2, 0) is 23.8 Å². The number of carbonyl (C=O) groups is 2. The number of carbonyl (C=O) groups excluding carboxylic acids is 2. The Morgan fingerprint density at radius 2 is 0.867 bits per heavy atom. The maximum Gasteiger partial charge on any atom is 0.305 e. The van der Waals surface area contributed by atoms with Gasteiger partial charge in [0.25, 0.3) is 0 Å². The van der Waals surface area contributed by atoms with Gasteiger partial charge in [-0.05, 0) is 77.0 Å². The third-order valence-corrected chi connectivity index (χ3v) is 15.0. The summed E-state index contributed by atoms with van der Waals surface area (Å²) in [6.07, 6.45) is 56.9. The fraction of sp³-hybridized carbons (Fsp3) is 0.875. The first-order valence-corrected chi connectivity index (χ1v) is 31.8. The van der Waals surface area contributed by atoms with Crippen molar-refractivity contribution < 1.29 is 49.3 Å². The quantitative estimate of drug-likeness (QED) is 0.0195. The molecule has 440 valence electrons. The molecule has 0 saturated carbocycles. The largest absolute Gasteiger partial charge is 0.466 e. The number of aliphatic hydroxyl groups excluding tert-OH is 5. The lowest BCUT2D eigenvalue weighted by Gasteiger charge is -2.40. The van der Waals surface area contributed by atoms with Crippen LogP contribution in [0.1, 0.15) is 296 Å². The van der Waals surface area contributed by atoms with Crippen LogP contribution in [0.2, 0.25) is 0 Å². The highest BCUT2D eigenvalue weighted by Gasteiger charge is 2.44. The minimum Gasteiger partial charge on any atom is -0.466 e. The Bertz CT molecular complexity index is 1340. The maximum atomic E-state index is 13.0. The predicted molar refractivity (Wildman–Crippen MR) is 311 cm³/mol. The number of unbranched alkanes of at least 4 members (excludes halogenated alkanes) is 37. The lowest BCUT2D eigenvalue weighted by molar-refractivity contribution is -0.302. The molecule has 7 unspecified atom stereocenters. The van der Waals surface area contributed by atoms with Crippen molar-refractivity contribution in [3.8, 4) is 0 Å². The molecule has 1 heterocycles. The van der Waals surface area contributed by atoms with Gasteiger partial charge in [0.05, 0.1) is 32.0 Å². The molecule has 0 aromatic rings. The molecule has 1 aliphatic rings. The van der Waals surface area contributed by atoms with E-state index in [0.717, 1.165) is 57.8 Å². The Balaban J connectivity index is 1.99. The third-order valence-electron chi connectivity index (χ3n) is 15.0. The number of aliphatic hydroxyl groups is 5. The molecule has 6 N–H and O–H groups in total. The first kappa shape index (κ1) is 70.9. The van der Waals surface area contributed by atoms with Gasteiger partial charge in [0, 0.05) is 12.8 Å². The van der Waals surface area contributed by atoms with E-state index in [2.05, 4.69) is 43.5 Å². The zero-order valence-corrected chi connectivity index (χ0v) is 48.5. The van der Waals surface area contributed by atoms with Crippen molar-refractivity contribution in [2.75, 3.05) is 19.8 Å². The van der Waals surface area contributed by atoms with Gasteiger partial charge >= 0.3 is 5.97 Å². The van der Waals surface area contributed by atoms with E-state index in [4.69, 9.17) is 14.2 Å². The van der Waals surface area contributed by atoms with Gasteiger partial charge in [-0.1, -0.05) is 243 Å². The molecule has 1 aliphatic heterocycles. The van der Waals surface area contributed by atoms with Crippen LogP contribution in [0.25, 0.3) is 0 Å². The Morgan fingerprint density at radius 3 is 1.32 bits per heavy atom. The van der Waals surface area contributed by atoms with Crippen molar-refractivity contribution in [2.45, 2.75) is 339 Å². The number of esters is 1. The van der Waals surface area contributed by atoms with Crippen molar-refractivity contribution in [1.29, 1.82) is 0 Å². The molecule has 1 fully saturated rings. The van der Waals surface area contributed by atoms with Crippen molar-refractivity contribution in [2.24, 2.45) is 0 Å². The summed E-state index contributed by atoms with van der Waals surface area (Å²) in [5.41, 5.74) is 0. The van der Waals surface area contributed by atoms with Gasteiger partial charge < -0.3 is 45.1 Å². The number of rotatable bonds is 55. The van der Waals surface area contributed by atoms with Gasteiger partial charge in [-0.3, -0.25) is 9.59 Å². The predicted octanol–water partition coefficient (Wildman–Crippen LogP) is 15.1. The SMILES string of the molecule is CCCC/C=C\CCCCCCCC(=O)OCCCCCCCCCCCCCC/C=C\CCCCCCCCCCCCC(=O)NC(COC1OC(CO)C(O)C(O)C1O)C(O)/C=C/CCCCCCCCCC. The van der Waals surface area contributed by atoms with Gasteiger partial charge in [-0.15, -0.1) is 0 Å². The number of allylic oxidation sites excluding steroid dienone is 5. The molecule has 11 heteroatoms. The molecule has 1 rings (SSSR count). The third kappa shape index (κ3) is 43.4. The van der Waals surface area contributed by atoms with E-state index in [9.17, 15) is 35.1 Å². The van der Waals surface area contributed by atoms with Crippen molar-refractivity contribution in [3.05, 3.63) is 36.5 Å². The monoisotopic (exact) mass is 1060 g/mol. The molecule has 0 aromatic carbocycles. The van der Waals surface area contributed by atoms with E-state index in [1.165, 1.54) is 212 Å². The molecule has 0 aromatic heterocycles. The molecule has 0 bridgehead atoms. The fourth-order valence-electron chi connectivity index (χ4n) is 9.88. The summed E-state index contributed by atoms with van der Waals surface area (Å²) in [4.78, 5) is 25.0. The second kappa shape index (κ2) is 53.9. The topological polar surface area (TPSA) is 175 Å². The molecular formula is C64H119NO10.